The van der Waals surface area contributed by atoms with E-state index in [1.165, 1.54) is 0 Å². The minimum absolute atomic E-state index is 0.165. The van der Waals surface area contributed by atoms with Gasteiger partial charge in [-0.25, -0.2) is 9.78 Å². The molecule has 0 aliphatic heterocycles. The first-order chi connectivity index (χ1) is 10.6. The van der Waals surface area contributed by atoms with Crippen molar-refractivity contribution >= 4 is 11.9 Å². The second-order valence-electron chi connectivity index (χ2n) is 5.12. The molecular weight excluding hydrogens is 278 g/mol. The lowest BCUT2D eigenvalue weighted by Gasteiger charge is -2.10. The topological polar surface area (TPSA) is 75.0 Å². The fraction of sp³-hybridized carbons (Fsp3) is 0.235. The molecule has 5 heteroatoms. The van der Waals surface area contributed by atoms with Gasteiger partial charge in [-0.1, -0.05) is 44.2 Å². The molecule has 0 fully saturated rings. The van der Waals surface area contributed by atoms with Crippen molar-refractivity contribution in [3.63, 3.8) is 0 Å². The van der Waals surface area contributed by atoms with Crippen LogP contribution in [0.5, 0.6) is 0 Å². The Morgan fingerprint density at radius 3 is 2.73 bits per heavy atom. The molecule has 1 aromatic carbocycles. The Bertz CT molecular complexity index is 691. The number of benzene rings is 1. The normalized spacial score (nSPS) is 10.1. The summed E-state index contributed by atoms with van der Waals surface area (Å²) in [7, 11) is 0. The number of hydrogen-bond donors (Lipinski definition) is 1. The van der Waals surface area contributed by atoms with Crippen LogP contribution in [-0.2, 0) is 11.3 Å². The van der Waals surface area contributed by atoms with Crippen molar-refractivity contribution in [2.75, 3.05) is 5.32 Å². The molecule has 2 rings (SSSR count). The number of nitrogens with one attached hydrogen (secondary N) is 1. The average Bonchev–Trinajstić information content (AvgIpc) is 2.54. The van der Waals surface area contributed by atoms with E-state index in [0.29, 0.717) is 5.56 Å². The highest BCUT2D eigenvalue weighted by molar-refractivity contribution is 5.85. The van der Waals surface area contributed by atoms with Crippen molar-refractivity contribution in [2.24, 2.45) is 0 Å². The highest BCUT2D eigenvalue weighted by Gasteiger charge is 2.11. The quantitative estimate of drug-likeness (QED) is 0.930. The van der Waals surface area contributed by atoms with E-state index >= 15 is 0 Å². The van der Waals surface area contributed by atoms with E-state index in [2.05, 4.69) is 10.3 Å². The smallest absolute Gasteiger partial charge is 0.413 e. The zero-order chi connectivity index (χ0) is 15.9. The maximum absolute atomic E-state index is 11.8. The minimum atomic E-state index is -0.634. The Balaban J connectivity index is 2.01. The van der Waals surface area contributed by atoms with Crippen molar-refractivity contribution in [1.29, 1.82) is 5.26 Å². The molecule has 1 amide bonds. The summed E-state index contributed by atoms with van der Waals surface area (Å²) >= 11 is 0. The Hall–Kier alpha value is -2.87. The van der Waals surface area contributed by atoms with Gasteiger partial charge in [-0.3, -0.25) is 5.32 Å². The van der Waals surface area contributed by atoms with Crippen LogP contribution in [0.25, 0.3) is 0 Å². The summed E-state index contributed by atoms with van der Waals surface area (Å²) in [6, 6.07) is 13.1. The third-order valence-electron chi connectivity index (χ3n) is 3.13. The Kier molecular flexibility index (Phi) is 5.10. The Morgan fingerprint density at radius 1 is 1.36 bits per heavy atom. The van der Waals surface area contributed by atoms with Crippen molar-refractivity contribution in [3.8, 4) is 6.07 Å². The van der Waals surface area contributed by atoms with Crippen LogP contribution in [-0.4, -0.2) is 11.1 Å². The molecule has 2 aromatic rings. The van der Waals surface area contributed by atoms with Gasteiger partial charge in [0.05, 0.1) is 5.56 Å². The number of rotatable bonds is 4. The molecule has 0 unspecified atom stereocenters. The van der Waals surface area contributed by atoms with Gasteiger partial charge in [-0.05, 0) is 23.1 Å². The third-order valence-corrected chi connectivity index (χ3v) is 3.13. The molecule has 112 valence electrons. The van der Waals surface area contributed by atoms with E-state index in [4.69, 9.17) is 10.00 Å². The van der Waals surface area contributed by atoms with Crippen LogP contribution in [0.4, 0.5) is 10.6 Å². The maximum Gasteiger partial charge on any atom is 0.413 e. The summed E-state index contributed by atoms with van der Waals surface area (Å²) in [6.45, 7) is 4.19. The van der Waals surface area contributed by atoms with Crippen LogP contribution < -0.4 is 5.32 Å². The lowest BCUT2D eigenvalue weighted by Crippen LogP contribution is -2.15. The Morgan fingerprint density at radius 2 is 2.09 bits per heavy atom. The van der Waals surface area contributed by atoms with Crippen LogP contribution in [0.15, 0.2) is 42.6 Å². The second kappa shape index (κ2) is 7.23. The van der Waals surface area contributed by atoms with E-state index in [1.807, 2.05) is 50.2 Å². The molecule has 0 saturated heterocycles. The largest absolute Gasteiger partial charge is 0.444 e. The number of hydrogen-bond acceptors (Lipinski definition) is 4. The molecule has 0 spiro atoms. The van der Waals surface area contributed by atoms with E-state index in [9.17, 15) is 4.79 Å². The number of nitriles is 1. The standard InChI is InChI=1S/C17H17N3O2/c1-12(2)15-8-14(9-18)16(19-10-15)20-17(21)22-11-13-6-4-3-5-7-13/h3-8,10,12H,11H2,1-2H3,(H,19,20,21). The first-order valence-corrected chi connectivity index (χ1v) is 6.98. The van der Waals surface area contributed by atoms with Crippen molar-refractivity contribution in [3.05, 3.63) is 59.3 Å². The summed E-state index contributed by atoms with van der Waals surface area (Å²) in [5.41, 5.74) is 2.16. The lowest BCUT2D eigenvalue weighted by molar-refractivity contribution is 0.155. The van der Waals surface area contributed by atoms with Crippen molar-refractivity contribution < 1.29 is 9.53 Å². The zero-order valence-electron chi connectivity index (χ0n) is 12.5. The number of carbonyl (C=O) groups excluding carboxylic acids is 1. The molecular formula is C17H17N3O2. The Labute approximate surface area is 129 Å². The monoisotopic (exact) mass is 295 g/mol. The number of anilines is 1. The molecule has 0 aliphatic carbocycles. The summed E-state index contributed by atoms with van der Waals surface area (Å²) in [5.74, 6) is 0.476. The van der Waals surface area contributed by atoms with Gasteiger partial charge in [0.2, 0.25) is 0 Å². The SMILES string of the molecule is CC(C)c1cnc(NC(=O)OCc2ccccc2)c(C#N)c1. The van der Waals surface area contributed by atoms with Crippen LogP contribution in [0.3, 0.4) is 0 Å². The number of amides is 1. The van der Waals surface area contributed by atoms with Crippen LogP contribution >= 0.6 is 0 Å². The molecule has 0 radical (unpaired) electrons. The first kappa shape index (κ1) is 15.5. The van der Waals surface area contributed by atoms with Gasteiger partial charge in [-0.2, -0.15) is 5.26 Å². The van der Waals surface area contributed by atoms with Gasteiger partial charge < -0.3 is 4.74 Å². The summed E-state index contributed by atoms with van der Waals surface area (Å²) in [6.07, 6.45) is 1.02. The zero-order valence-corrected chi connectivity index (χ0v) is 12.5. The summed E-state index contributed by atoms with van der Waals surface area (Å²) < 4.78 is 5.11. The number of carbonyl (C=O) groups is 1. The second-order valence-corrected chi connectivity index (χ2v) is 5.12. The van der Waals surface area contributed by atoms with Gasteiger partial charge in [-0.15, -0.1) is 0 Å². The predicted octanol–water partition coefficient (Wildman–Crippen LogP) is 3.83. The highest BCUT2D eigenvalue weighted by Crippen LogP contribution is 2.19. The third kappa shape index (κ3) is 4.06. The van der Waals surface area contributed by atoms with E-state index in [1.54, 1.807) is 12.3 Å². The molecule has 5 nitrogen and oxygen atoms in total. The molecule has 1 N–H and O–H groups in total. The lowest BCUT2D eigenvalue weighted by atomic mass is 10.0. The number of aromatic nitrogens is 1. The molecule has 1 aromatic heterocycles. The van der Waals surface area contributed by atoms with E-state index in [-0.39, 0.29) is 18.3 Å². The molecule has 0 atom stereocenters. The average molecular weight is 295 g/mol. The number of pyridine rings is 1. The fourth-order valence-electron chi connectivity index (χ4n) is 1.84. The number of nitrogens with zero attached hydrogens (tertiary/aromatic N) is 2. The van der Waals surface area contributed by atoms with Crippen molar-refractivity contribution in [1.82, 2.24) is 4.98 Å². The van der Waals surface area contributed by atoms with Crippen molar-refractivity contribution in [2.45, 2.75) is 26.4 Å². The van der Waals surface area contributed by atoms with E-state index < -0.39 is 6.09 Å². The molecule has 22 heavy (non-hydrogen) atoms. The summed E-state index contributed by atoms with van der Waals surface area (Å²) in [4.78, 5) is 15.9. The van der Waals surface area contributed by atoms with Crippen LogP contribution in [0.2, 0.25) is 0 Å². The first-order valence-electron chi connectivity index (χ1n) is 6.98. The molecule has 0 aliphatic rings. The molecule has 0 bridgehead atoms. The summed E-state index contributed by atoms with van der Waals surface area (Å²) in [5, 5.41) is 11.7. The highest BCUT2D eigenvalue weighted by atomic mass is 16.5. The van der Waals surface area contributed by atoms with Gasteiger partial charge in [0.15, 0.2) is 5.82 Å². The fourth-order valence-corrected chi connectivity index (χ4v) is 1.84. The van der Waals surface area contributed by atoms with Crippen LogP contribution in [0.1, 0.15) is 36.5 Å². The van der Waals surface area contributed by atoms with Crippen LogP contribution in [0, 0.1) is 11.3 Å². The maximum atomic E-state index is 11.8. The van der Waals surface area contributed by atoms with E-state index in [0.717, 1.165) is 11.1 Å². The van der Waals surface area contributed by atoms with Gasteiger partial charge in [0.1, 0.15) is 12.7 Å². The number of ether oxygens (including phenoxy) is 1. The molecule has 1 heterocycles. The van der Waals surface area contributed by atoms with Gasteiger partial charge in [0, 0.05) is 6.20 Å². The minimum Gasteiger partial charge on any atom is -0.444 e. The van der Waals surface area contributed by atoms with Gasteiger partial charge >= 0.3 is 6.09 Å². The predicted molar refractivity (Wildman–Crippen MR) is 83.3 cm³/mol. The van der Waals surface area contributed by atoms with Gasteiger partial charge in [0.25, 0.3) is 0 Å². The molecule has 0 saturated carbocycles.